The third-order valence-electron chi connectivity index (χ3n) is 4.86. The van der Waals surface area contributed by atoms with Crippen molar-refractivity contribution in [1.82, 2.24) is 14.8 Å². The number of ether oxygens (including phenoxy) is 1. The van der Waals surface area contributed by atoms with Crippen LogP contribution in [0.15, 0.2) is 35.5 Å². The zero-order valence-electron chi connectivity index (χ0n) is 15.4. The van der Waals surface area contributed by atoms with Gasteiger partial charge in [-0.25, -0.2) is 4.68 Å². The molecule has 0 radical (unpaired) electrons. The first-order chi connectivity index (χ1) is 13.3. The van der Waals surface area contributed by atoms with Gasteiger partial charge in [-0.1, -0.05) is 19.1 Å². The van der Waals surface area contributed by atoms with Crippen molar-refractivity contribution in [1.29, 1.82) is 0 Å². The minimum atomic E-state index is -4.68. The van der Waals surface area contributed by atoms with Gasteiger partial charge in [0.2, 0.25) is 5.95 Å². The van der Waals surface area contributed by atoms with Crippen LogP contribution in [0.5, 0.6) is 5.75 Å². The first-order valence-electron chi connectivity index (χ1n) is 9.07. The summed E-state index contributed by atoms with van der Waals surface area (Å²) in [5, 5.41) is 6.60. The van der Waals surface area contributed by atoms with Crippen molar-refractivity contribution < 1.29 is 22.7 Å². The number of nitrogens with one attached hydrogen (secondary N) is 1. The minimum Gasteiger partial charge on any atom is -0.494 e. The van der Waals surface area contributed by atoms with Crippen LogP contribution in [0.1, 0.15) is 44.1 Å². The normalized spacial score (nSPS) is 21.8. The Morgan fingerprint density at radius 2 is 2.11 bits per heavy atom. The number of hydrogen-bond donors (Lipinski definition) is 1. The number of carbonyl (C=O) groups excluding carboxylic acids is 1. The second-order valence-electron chi connectivity index (χ2n) is 7.06. The van der Waals surface area contributed by atoms with Gasteiger partial charge in [-0.05, 0) is 37.0 Å². The number of Topliss-reactive ketones (excluding diaryl/α,β-unsaturated/α-hetero) is 1. The van der Waals surface area contributed by atoms with Gasteiger partial charge in [0.05, 0.1) is 6.61 Å². The fourth-order valence-electron chi connectivity index (χ4n) is 3.78. The van der Waals surface area contributed by atoms with Gasteiger partial charge in [-0.3, -0.25) is 4.79 Å². The number of halogens is 3. The van der Waals surface area contributed by atoms with E-state index in [1.54, 1.807) is 24.3 Å². The van der Waals surface area contributed by atoms with Crippen molar-refractivity contribution in [2.45, 2.75) is 38.9 Å². The first kappa shape index (κ1) is 18.5. The lowest BCUT2D eigenvalue weighted by Crippen LogP contribution is -2.33. The first-order valence-corrected chi connectivity index (χ1v) is 9.07. The number of aromatic nitrogens is 3. The van der Waals surface area contributed by atoms with E-state index in [1.165, 1.54) is 0 Å². The van der Waals surface area contributed by atoms with Gasteiger partial charge in [0.1, 0.15) is 11.8 Å². The summed E-state index contributed by atoms with van der Waals surface area (Å²) in [4.78, 5) is 16.5. The highest BCUT2D eigenvalue weighted by Gasteiger charge is 2.43. The molecule has 2 aliphatic rings. The molecular formula is C19H19F3N4O2. The number of alkyl halides is 3. The summed E-state index contributed by atoms with van der Waals surface area (Å²) in [6, 6.07) is 6.22. The third-order valence-corrected chi connectivity index (χ3v) is 4.86. The quantitative estimate of drug-likeness (QED) is 0.856. The number of nitrogens with zero attached hydrogens (tertiary/aromatic N) is 3. The second kappa shape index (κ2) is 6.65. The molecule has 1 aliphatic carbocycles. The number of fused-ring (bicyclic) bond motifs is 1. The summed E-state index contributed by atoms with van der Waals surface area (Å²) in [7, 11) is 0. The molecule has 0 spiro atoms. The van der Waals surface area contributed by atoms with E-state index >= 15 is 0 Å². The molecule has 1 aliphatic heterocycles. The number of rotatable bonds is 3. The van der Waals surface area contributed by atoms with Crippen LogP contribution in [-0.2, 0) is 11.0 Å². The SMILES string of the molecule is CCOc1cccc([C@H]2C3=C(C[C@H](C)CC3=O)Nc3nc(C(F)(F)F)nn32)c1. The number of carbonyl (C=O) groups is 1. The molecule has 2 heterocycles. The summed E-state index contributed by atoms with van der Waals surface area (Å²) in [5.41, 5.74) is 1.68. The molecule has 28 heavy (non-hydrogen) atoms. The van der Waals surface area contributed by atoms with Crippen molar-refractivity contribution in [3.8, 4) is 5.75 Å². The average Bonchev–Trinajstić information content (AvgIpc) is 3.04. The molecule has 148 valence electrons. The van der Waals surface area contributed by atoms with Crippen LogP contribution in [0.3, 0.4) is 0 Å². The van der Waals surface area contributed by atoms with E-state index in [4.69, 9.17) is 4.74 Å². The zero-order chi connectivity index (χ0) is 20.1. The topological polar surface area (TPSA) is 69.0 Å². The highest BCUT2D eigenvalue weighted by molar-refractivity contribution is 5.99. The summed E-state index contributed by atoms with van der Waals surface area (Å²) >= 11 is 0. The molecule has 9 heteroatoms. The lowest BCUT2D eigenvalue weighted by molar-refractivity contribution is -0.145. The van der Waals surface area contributed by atoms with E-state index < -0.39 is 18.0 Å². The van der Waals surface area contributed by atoms with E-state index in [1.807, 2.05) is 13.8 Å². The van der Waals surface area contributed by atoms with Crippen LogP contribution >= 0.6 is 0 Å². The molecule has 0 saturated carbocycles. The smallest absolute Gasteiger partial charge is 0.453 e. The molecule has 6 nitrogen and oxygen atoms in total. The Hall–Kier alpha value is -2.84. The summed E-state index contributed by atoms with van der Waals surface area (Å²) < 4.78 is 46.3. The maximum Gasteiger partial charge on any atom is 0.453 e. The molecule has 2 atom stereocenters. The van der Waals surface area contributed by atoms with E-state index in [0.29, 0.717) is 42.0 Å². The van der Waals surface area contributed by atoms with E-state index in [0.717, 1.165) is 4.68 Å². The fourth-order valence-corrected chi connectivity index (χ4v) is 3.78. The monoisotopic (exact) mass is 392 g/mol. The highest BCUT2D eigenvalue weighted by atomic mass is 19.4. The van der Waals surface area contributed by atoms with Gasteiger partial charge >= 0.3 is 6.18 Å². The van der Waals surface area contributed by atoms with E-state index in [2.05, 4.69) is 15.4 Å². The van der Waals surface area contributed by atoms with Gasteiger partial charge in [0.15, 0.2) is 5.78 Å². The number of ketones is 1. The van der Waals surface area contributed by atoms with Crippen LogP contribution in [0, 0.1) is 5.92 Å². The molecule has 0 amide bonds. The van der Waals surface area contributed by atoms with Crippen LogP contribution in [0.2, 0.25) is 0 Å². The predicted molar refractivity (Wildman–Crippen MR) is 94.8 cm³/mol. The number of anilines is 1. The Balaban J connectivity index is 1.89. The molecule has 1 aromatic carbocycles. The fraction of sp³-hybridized carbons (Fsp3) is 0.421. The van der Waals surface area contributed by atoms with Gasteiger partial charge in [0, 0.05) is 17.7 Å². The standard InChI is InChI=1S/C19H19F3N4O2/c1-3-28-12-6-4-5-11(9-12)16-15-13(7-10(2)8-14(15)27)23-18-24-17(19(20,21)22)25-26(16)18/h4-6,9-10,16H,3,7-8H2,1-2H3,(H,23,24,25)/t10-,16-/m0/s1. The number of allylic oxidation sites excluding steroid dienone is 2. The minimum absolute atomic E-state index is 0.0141. The van der Waals surface area contributed by atoms with E-state index in [9.17, 15) is 18.0 Å². The molecule has 1 aromatic heterocycles. The Kier molecular flexibility index (Phi) is 4.40. The molecule has 0 bridgehead atoms. The van der Waals surface area contributed by atoms with Crippen LogP contribution in [-0.4, -0.2) is 27.2 Å². The van der Waals surface area contributed by atoms with Crippen molar-refractivity contribution in [3.05, 3.63) is 46.9 Å². The summed E-state index contributed by atoms with van der Waals surface area (Å²) in [5.74, 6) is -0.662. The molecule has 4 rings (SSSR count). The molecule has 0 saturated heterocycles. The highest BCUT2D eigenvalue weighted by Crippen LogP contribution is 2.42. The Bertz CT molecular complexity index is 964. The second-order valence-corrected chi connectivity index (χ2v) is 7.06. The maximum absolute atomic E-state index is 13.2. The molecule has 2 aromatic rings. The number of benzene rings is 1. The zero-order valence-corrected chi connectivity index (χ0v) is 15.4. The Morgan fingerprint density at radius 3 is 2.82 bits per heavy atom. The summed E-state index contributed by atoms with van der Waals surface area (Å²) in [6.45, 7) is 4.23. The molecule has 0 unspecified atom stereocenters. The van der Waals surface area contributed by atoms with Crippen molar-refractivity contribution >= 4 is 11.7 Å². The largest absolute Gasteiger partial charge is 0.494 e. The molecular weight excluding hydrogens is 373 g/mol. The van der Waals surface area contributed by atoms with Crippen molar-refractivity contribution in [2.24, 2.45) is 5.92 Å². The average molecular weight is 392 g/mol. The van der Waals surface area contributed by atoms with Crippen molar-refractivity contribution in [3.63, 3.8) is 0 Å². The Labute approximate surface area is 159 Å². The number of hydrogen-bond acceptors (Lipinski definition) is 5. The van der Waals surface area contributed by atoms with E-state index in [-0.39, 0.29) is 17.6 Å². The maximum atomic E-state index is 13.2. The van der Waals surface area contributed by atoms with Gasteiger partial charge in [-0.15, -0.1) is 5.10 Å². The third kappa shape index (κ3) is 3.14. The molecule has 1 N–H and O–H groups in total. The van der Waals surface area contributed by atoms with Gasteiger partial charge < -0.3 is 10.1 Å². The lowest BCUT2D eigenvalue weighted by Gasteiger charge is -2.34. The van der Waals surface area contributed by atoms with Crippen LogP contribution < -0.4 is 10.1 Å². The summed E-state index contributed by atoms with van der Waals surface area (Å²) in [6.07, 6.45) is -3.77. The van der Waals surface area contributed by atoms with Gasteiger partial charge in [0.25, 0.3) is 5.82 Å². The Morgan fingerprint density at radius 1 is 1.32 bits per heavy atom. The van der Waals surface area contributed by atoms with Gasteiger partial charge in [-0.2, -0.15) is 18.2 Å². The predicted octanol–water partition coefficient (Wildman–Crippen LogP) is 3.96. The lowest BCUT2D eigenvalue weighted by atomic mass is 9.81. The molecule has 0 fully saturated rings. The van der Waals surface area contributed by atoms with Crippen LogP contribution in [0.25, 0.3) is 0 Å². The van der Waals surface area contributed by atoms with Crippen LogP contribution in [0.4, 0.5) is 19.1 Å². The van der Waals surface area contributed by atoms with Crippen molar-refractivity contribution in [2.75, 3.05) is 11.9 Å².